The molecule has 3 fully saturated rings. The molecular weight excluding hydrogens is 670 g/mol. The summed E-state index contributed by atoms with van der Waals surface area (Å²) in [7, 11) is 1.41. The average molecular weight is 717 g/mol. The lowest BCUT2D eigenvalue weighted by atomic mass is 10.0. The fourth-order valence-corrected chi connectivity index (χ4v) is 6.47. The Hall–Kier alpha value is -4.89. The van der Waals surface area contributed by atoms with E-state index < -0.39 is 95.9 Å². The summed E-state index contributed by atoms with van der Waals surface area (Å²) in [6.07, 6.45) is 5.22. The van der Waals surface area contributed by atoms with Gasteiger partial charge in [0, 0.05) is 32.6 Å². The number of fused-ring (bicyclic) bond motifs is 2. The van der Waals surface area contributed by atoms with Crippen molar-refractivity contribution in [2.24, 2.45) is 0 Å². The molecule has 278 valence electrons. The summed E-state index contributed by atoms with van der Waals surface area (Å²) in [5.41, 5.74) is 0.0489. The van der Waals surface area contributed by atoms with E-state index in [2.05, 4.69) is 16.0 Å². The molecule has 0 saturated carbocycles. The first-order chi connectivity index (χ1) is 24.2. The maximum atomic E-state index is 14.2. The largest absolute Gasteiger partial charge is 0.461 e. The number of ether oxygens (including phenoxy) is 1. The molecule has 6 amide bonds. The Morgan fingerprint density at radius 1 is 0.961 bits per heavy atom. The molecule has 0 radical (unpaired) electrons. The van der Waals surface area contributed by atoms with Crippen molar-refractivity contribution in [2.45, 2.75) is 102 Å². The molecule has 3 N–H and O–H groups in total. The number of hydrogen-bond acceptors (Lipinski definition) is 8. The van der Waals surface area contributed by atoms with Crippen molar-refractivity contribution in [3.05, 3.63) is 47.5 Å². The number of esters is 1. The fraction of sp³-hybridized carbons (Fsp3) is 0.571. The molecule has 0 aliphatic carbocycles. The predicted molar refractivity (Wildman–Crippen MR) is 178 cm³/mol. The summed E-state index contributed by atoms with van der Waals surface area (Å²) in [5.74, 6) is -6.65. The highest BCUT2D eigenvalue weighted by Gasteiger charge is 2.43. The van der Waals surface area contributed by atoms with Crippen molar-refractivity contribution in [2.75, 3.05) is 26.7 Å². The van der Waals surface area contributed by atoms with Gasteiger partial charge in [-0.15, -0.1) is 0 Å². The molecular formula is C35H46F2N6O8. The first-order valence-corrected chi connectivity index (χ1v) is 17.3. The zero-order chi connectivity index (χ0) is 37.4. The van der Waals surface area contributed by atoms with Gasteiger partial charge in [0.05, 0.1) is 0 Å². The summed E-state index contributed by atoms with van der Waals surface area (Å²) in [4.78, 5) is 98.1. The molecule has 0 spiro atoms. The molecule has 3 aliphatic rings. The van der Waals surface area contributed by atoms with Crippen LogP contribution >= 0.6 is 0 Å². The van der Waals surface area contributed by atoms with Crippen LogP contribution in [0.1, 0.15) is 64.9 Å². The smallest absolute Gasteiger partial charge is 0.328 e. The van der Waals surface area contributed by atoms with Gasteiger partial charge in [-0.3, -0.25) is 28.8 Å². The summed E-state index contributed by atoms with van der Waals surface area (Å²) in [5, 5.41) is 7.68. The van der Waals surface area contributed by atoms with Crippen molar-refractivity contribution in [3.8, 4) is 0 Å². The van der Waals surface area contributed by atoms with Gasteiger partial charge in [-0.2, -0.15) is 0 Å². The fourth-order valence-electron chi connectivity index (χ4n) is 6.47. The van der Waals surface area contributed by atoms with E-state index in [1.54, 1.807) is 6.08 Å². The molecule has 14 nitrogen and oxygen atoms in total. The Labute approximate surface area is 295 Å². The number of nitrogens with one attached hydrogen (secondary N) is 3. The first kappa shape index (κ1) is 38.9. The molecule has 51 heavy (non-hydrogen) atoms. The average Bonchev–Trinajstić information content (AvgIpc) is 3.78. The standard InChI is InChI=1S/C35H46F2N6O8/c1-5-6-7-12-29(44)39-25(17-22-15-23(36)18-24(37)16-22)31(46)40-26-19-51-35(50)28-11-9-14-43(28)32(47)20(2)38-30(45)21(3)41(4)34(49)27-10-8-13-42(27)33(26)48/h7,12,15-16,18,20-21,25-28H,5-6,8-11,13-14,17,19H2,1-4H3,(H,38,45)(H,39,44)(H,40,46)/t20-,21-,25+,26-,27-,28-/m0/s1. The minimum Gasteiger partial charge on any atom is -0.461 e. The molecule has 1 aromatic rings. The Balaban J connectivity index is 1.67. The molecule has 1 aromatic carbocycles. The summed E-state index contributed by atoms with van der Waals surface area (Å²) >= 11 is 0. The monoisotopic (exact) mass is 716 g/mol. The van der Waals surface area contributed by atoms with Gasteiger partial charge in [-0.1, -0.05) is 19.4 Å². The second-order valence-corrected chi connectivity index (χ2v) is 13.2. The van der Waals surface area contributed by atoms with Gasteiger partial charge in [0.2, 0.25) is 35.4 Å². The molecule has 3 saturated heterocycles. The minimum absolute atomic E-state index is 0.0489. The lowest BCUT2D eigenvalue weighted by Gasteiger charge is -2.34. The minimum atomic E-state index is -1.56. The second-order valence-electron chi connectivity index (χ2n) is 13.2. The SMILES string of the molecule is CCCC=CC(=O)N[C@H](Cc1cc(F)cc(F)c1)C(=O)N[C@H]1COC(=O)[C@@H]2CCCN2C(=O)[C@H](C)NC(=O)[C@H](C)N(C)C(=O)[C@@H]2CCCN2C1=O. The van der Waals surface area contributed by atoms with Gasteiger partial charge in [0.15, 0.2) is 0 Å². The van der Waals surface area contributed by atoms with Gasteiger partial charge >= 0.3 is 5.97 Å². The van der Waals surface area contributed by atoms with Crippen molar-refractivity contribution in [1.82, 2.24) is 30.7 Å². The van der Waals surface area contributed by atoms with Crippen LogP contribution in [0.25, 0.3) is 0 Å². The van der Waals surface area contributed by atoms with E-state index in [1.807, 2.05) is 6.92 Å². The Bertz CT molecular complexity index is 1540. The van der Waals surface area contributed by atoms with Crippen LogP contribution < -0.4 is 16.0 Å². The Morgan fingerprint density at radius 3 is 2.24 bits per heavy atom. The van der Waals surface area contributed by atoms with E-state index in [1.165, 1.54) is 41.7 Å². The molecule has 0 unspecified atom stereocenters. The normalized spacial score (nSPS) is 25.7. The maximum Gasteiger partial charge on any atom is 0.328 e. The molecule has 16 heteroatoms. The van der Waals surface area contributed by atoms with Crippen LogP contribution in [0, 0.1) is 11.6 Å². The summed E-state index contributed by atoms with van der Waals surface area (Å²) < 4.78 is 33.7. The zero-order valence-corrected chi connectivity index (χ0v) is 29.3. The van der Waals surface area contributed by atoms with Gasteiger partial charge in [-0.25, -0.2) is 13.6 Å². The number of hydrogen-bond donors (Lipinski definition) is 3. The number of carbonyl (C=O) groups is 7. The number of allylic oxidation sites excluding steroid dienone is 1. The van der Waals surface area contributed by atoms with Crippen LogP contribution in [0.4, 0.5) is 8.78 Å². The van der Waals surface area contributed by atoms with Crippen LogP contribution in [0.5, 0.6) is 0 Å². The Kier molecular flexibility index (Phi) is 13.2. The number of unbranched alkanes of at least 4 members (excludes halogenated alkanes) is 1. The number of halogens is 2. The van der Waals surface area contributed by atoms with E-state index in [-0.39, 0.29) is 37.9 Å². The van der Waals surface area contributed by atoms with Crippen molar-refractivity contribution in [3.63, 3.8) is 0 Å². The number of cyclic esters (lactones) is 1. The van der Waals surface area contributed by atoms with Crippen LogP contribution in [-0.2, 0) is 44.7 Å². The van der Waals surface area contributed by atoms with Crippen LogP contribution in [0.2, 0.25) is 0 Å². The van der Waals surface area contributed by atoms with E-state index >= 15 is 0 Å². The van der Waals surface area contributed by atoms with E-state index in [0.29, 0.717) is 25.3 Å². The lowest BCUT2D eigenvalue weighted by molar-refractivity contribution is -0.158. The number of carbonyl (C=O) groups excluding carboxylic acids is 7. The zero-order valence-electron chi connectivity index (χ0n) is 29.3. The lowest BCUT2D eigenvalue weighted by Crippen LogP contribution is -2.60. The van der Waals surface area contributed by atoms with Crippen molar-refractivity contribution < 1.29 is 47.1 Å². The van der Waals surface area contributed by atoms with E-state index in [9.17, 15) is 42.3 Å². The molecule has 3 heterocycles. The Morgan fingerprint density at radius 2 is 1.59 bits per heavy atom. The predicted octanol–water partition coefficient (Wildman–Crippen LogP) is 0.724. The van der Waals surface area contributed by atoms with Crippen LogP contribution in [0.3, 0.4) is 0 Å². The number of benzene rings is 1. The van der Waals surface area contributed by atoms with E-state index in [4.69, 9.17) is 4.74 Å². The number of nitrogens with zero attached hydrogens (tertiary/aromatic N) is 3. The highest BCUT2D eigenvalue weighted by atomic mass is 19.1. The number of rotatable bonds is 8. The highest BCUT2D eigenvalue weighted by molar-refractivity contribution is 5.98. The van der Waals surface area contributed by atoms with Crippen LogP contribution in [-0.4, -0.2) is 119 Å². The molecule has 0 aromatic heterocycles. The van der Waals surface area contributed by atoms with E-state index in [0.717, 1.165) is 18.6 Å². The maximum absolute atomic E-state index is 14.2. The summed E-state index contributed by atoms with van der Waals surface area (Å²) in [6, 6.07) is -4.37. The molecule has 3 aliphatic heterocycles. The molecule has 4 rings (SSSR count). The van der Waals surface area contributed by atoms with Crippen molar-refractivity contribution >= 4 is 41.4 Å². The molecule has 6 atom stereocenters. The topological polar surface area (TPSA) is 175 Å². The van der Waals surface area contributed by atoms with Gasteiger partial charge in [0.1, 0.15) is 54.5 Å². The number of likely N-dealkylation sites (N-methyl/N-ethyl adjacent to an activating group) is 1. The highest BCUT2D eigenvalue weighted by Crippen LogP contribution is 2.23. The van der Waals surface area contributed by atoms with Crippen LogP contribution in [0.15, 0.2) is 30.4 Å². The van der Waals surface area contributed by atoms with Crippen molar-refractivity contribution in [1.29, 1.82) is 0 Å². The van der Waals surface area contributed by atoms with Gasteiger partial charge < -0.3 is 35.4 Å². The van der Waals surface area contributed by atoms with Gasteiger partial charge in [-0.05, 0) is 69.7 Å². The molecule has 0 bridgehead atoms. The number of amides is 6. The first-order valence-electron chi connectivity index (χ1n) is 17.3. The third-order valence-electron chi connectivity index (χ3n) is 9.39. The second kappa shape index (κ2) is 17.4. The quantitative estimate of drug-likeness (QED) is 0.261. The third kappa shape index (κ3) is 9.67. The third-order valence-corrected chi connectivity index (χ3v) is 9.39. The summed E-state index contributed by atoms with van der Waals surface area (Å²) in [6.45, 7) is 4.54. The van der Waals surface area contributed by atoms with Gasteiger partial charge in [0.25, 0.3) is 0 Å².